The third kappa shape index (κ3) is 3.57. The Kier molecular flexibility index (Phi) is 4.97. The summed E-state index contributed by atoms with van der Waals surface area (Å²) in [5.74, 6) is 0.997. The molecule has 0 fully saturated rings. The maximum absolute atomic E-state index is 4.35. The Morgan fingerprint density at radius 1 is 1.21 bits per heavy atom. The highest BCUT2D eigenvalue weighted by Gasteiger charge is 2.15. The van der Waals surface area contributed by atoms with Crippen LogP contribution >= 0.6 is 0 Å². The first-order chi connectivity index (χ1) is 9.35. The van der Waals surface area contributed by atoms with Crippen molar-refractivity contribution in [2.45, 2.75) is 39.3 Å². The summed E-state index contributed by atoms with van der Waals surface area (Å²) in [5.41, 5.74) is 1.08. The molecule has 0 aliphatic carbocycles. The maximum atomic E-state index is 4.35. The van der Waals surface area contributed by atoms with E-state index in [9.17, 15) is 0 Å². The fourth-order valence-electron chi connectivity index (χ4n) is 2.07. The van der Waals surface area contributed by atoms with E-state index in [-0.39, 0.29) is 6.04 Å². The van der Waals surface area contributed by atoms with Crippen LogP contribution in [0.3, 0.4) is 0 Å². The van der Waals surface area contributed by atoms with Crippen LogP contribution in [0.25, 0.3) is 0 Å². The summed E-state index contributed by atoms with van der Waals surface area (Å²) in [5, 5.41) is 7.70. The predicted molar refractivity (Wildman–Crippen MR) is 72.5 cm³/mol. The molecule has 0 aromatic carbocycles. The number of hydrogen-bond donors (Lipinski definition) is 1. The van der Waals surface area contributed by atoms with Gasteiger partial charge < -0.3 is 5.32 Å². The zero-order chi connectivity index (χ0) is 13.5. The van der Waals surface area contributed by atoms with E-state index in [2.05, 4.69) is 39.2 Å². The lowest BCUT2D eigenvalue weighted by Gasteiger charge is -2.17. The molecule has 2 aromatic heterocycles. The molecule has 0 amide bonds. The van der Waals surface area contributed by atoms with Crippen LogP contribution in [-0.4, -0.2) is 31.3 Å². The van der Waals surface area contributed by atoms with E-state index < -0.39 is 0 Å². The molecule has 1 atom stereocenters. The molecule has 0 aliphatic rings. The zero-order valence-corrected chi connectivity index (χ0v) is 11.5. The molecule has 1 N–H and O–H groups in total. The van der Waals surface area contributed by atoms with E-state index in [4.69, 9.17) is 0 Å². The van der Waals surface area contributed by atoms with E-state index in [0.29, 0.717) is 0 Å². The van der Waals surface area contributed by atoms with Crippen LogP contribution in [0.1, 0.15) is 37.7 Å². The van der Waals surface area contributed by atoms with Crippen molar-refractivity contribution in [1.29, 1.82) is 0 Å². The Balaban J connectivity index is 2.14. The summed E-state index contributed by atoms with van der Waals surface area (Å²) in [6.45, 7) is 6.02. The van der Waals surface area contributed by atoms with Crippen LogP contribution in [-0.2, 0) is 13.0 Å². The topological polar surface area (TPSA) is 68.5 Å². The first-order valence-electron chi connectivity index (χ1n) is 6.70. The minimum Gasteiger partial charge on any atom is -0.310 e. The summed E-state index contributed by atoms with van der Waals surface area (Å²) in [7, 11) is 0. The van der Waals surface area contributed by atoms with Crippen molar-refractivity contribution in [2.75, 3.05) is 6.54 Å². The Morgan fingerprint density at radius 2 is 2.00 bits per heavy atom. The fourth-order valence-corrected chi connectivity index (χ4v) is 2.07. The van der Waals surface area contributed by atoms with Gasteiger partial charge in [-0.05, 0) is 13.0 Å². The summed E-state index contributed by atoms with van der Waals surface area (Å²) in [6.07, 6.45) is 8.71. The Bertz CT molecular complexity index is 481. The van der Waals surface area contributed by atoms with Gasteiger partial charge in [-0.2, -0.15) is 5.10 Å². The number of aryl methyl sites for hydroxylation is 1. The van der Waals surface area contributed by atoms with Gasteiger partial charge in [0.15, 0.2) is 0 Å². The first-order valence-corrected chi connectivity index (χ1v) is 6.70. The van der Waals surface area contributed by atoms with E-state index >= 15 is 0 Å². The van der Waals surface area contributed by atoms with Gasteiger partial charge in [0.25, 0.3) is 0 Å². The van der Waals surface area contributed by atoms with Crippen molar-refractivity contribution in [3.8, 4) is 0 Å². The molecular formula is C13H20N6. The van der Waals surface area contributed by atoms with Crippen LogP contribution in [0.2, 0.25) is 0 Å². The molecule has 0 aliphatic heterocycles. The second-order valence-corrected chi connectivity index (χ2v) is 4.39. The van der Waals surface area contributed by atoms with Crippen molar-refractivity contribution in [1.82, 2.24) is 30.0 Å². The molecule has 0 saturated heterocycles. The summed E-state index contributed by atoms with van der Waals surface area (Å²) >= 11 is 0. The minimum absolute atomic E-state index is 0.172. The molecule has 19 heavy (non-hydrogen) atoms. The van der Waals surface area contributed by atoms with Crippen LogP contribution in [0.15, 0.2) is 25.0 Å². The molecule has 0 saturated carbocycles. The van der Waals surface area contributed by atoms with Gasteiger partial charge in [-0.1, -0.05) is 13.8 Å². The Morgan fingerprint density at radius 3 is 2.68 bits per heavy atom. The number of hydrogen-bond acceptors (Lipinski definition) is 5. The molecule has 102 valence electrons. The zero-order valence-electron chi connectivity index (χ0n) is 11.5. The van der Waals surface area contributed by atoms with Crippen LogP contribution in [0.4, 0.5) is 0 Å². The lowest BCUT2D eigenvalue weighted by Crippen LogP contribution is -2.24. The van der Waals surface area contributed by atoms with Gasteiger partial charge >= 0.3 is 0 Å². The van der Waals surface area contributed by atoms with E-state index in [1.807, 2.05) is 17.1 Å². The molecule has 0 spiro atoms. The number of nitrogens with one attached hydrogen (secondary N) is 1. The highest BCUT2D eigenvalue weighted by atomic mass is 15.3. The van der Waals surface area contributed by atoms with Crippen molar-refractivity contribution in [3.63, 3.8) is 0 Å². The van der Waals surface area contributed by atoms with Gasteiger partial charge in [0.2, 0.25) is 0 Å². The van der Waals surface area contributed by atoms with Crippen molar-refractivity contribution < 1.29 is 0 Å². The monoisotopic (exact) mass is 260 g/mol. The average Bonchev–Trinajstić information content (AvgIpc) is 2.87. The minimum atomic E-state index is 0.172. The molecule has 2 rings (SSSR count). The normalized spacial score (nSPS) is 12.5. The highest BCUT2D eigenvalue weighted by Crippen LogP contribution is 2.15. The summed E-state index contributed by atoms with van der Waals surface area (Å²) < 4.78 is 1.97. The number of nitrogens with zero attached hydrogens (tertiary/aromatic N) is 5. The van der Waals surface area contributed by atoms with Crippen LogP contribution < -0.4 is 5.32 Å². The molecule has 2 heterocycles. The summed E-state index contributed by atoms with van der Waals surface area (Å²) in [6, 6.07) is 0.172. The molecular weight excluding hydrogens is 240 g/mol. The number of aromatic nitrogens is 5. The van der Waals surface area contributed by atoms with Crippen LogP contribution in [0, 0.1) is 0 Å². The maximum Gasteiger partial charge on any atom is 0.138 e. The Labute approximate surface area is 113 Å². The van der Waals surface area contributed by atoms with Crippen molar-refractivity contribution in [2.24, 2.45) is 0 Å². The second-order valence-electron chi connectivity index (χ2n) is 4.39. The van der Waals surface area contributed by atoms with Crippen LogP contribution in [0.5, 0.6) is 0 Å². The third-order valence-electron chi connectivity index (χ3n) is 2.95. The molecule has 0 radical (unpaired) electrons. The van der Waals surface area contributed by atoms with Gasteiger partial charge in [0, 0.05) is 37.0 Å². The quantitative estimate of drug-likeness (QED) is 0.814. The number of likely N-dealkylation sites (N-methyl/N-ethyl adjacent to an activating group) is 1. The lowest BCUT2D eigenvalue weighted by molar-refractivity contribution is 0.497. The summed E-state index contributed by atoms with van der Waals surface area (Å²) in [4.78, 5) is 12.5. The molecule has 1 unspecified atom stereocenters. The lowest BCUT2D eigenvalue weighted by atomic mass is 10.1. The smallest absolute Gasteiger partial charge is 0.138 e. The van der Waals surface area contributed by atoms with Gasteiger partial charge in [-0.25, -0.2) is 15.0 Å². The fraction of sp³-hybridized carbons (Fsp3) is 0.538. The van der Waals surface area contributed by atoms with Crippen molar-refractivity contribution >= 4 is 0 Å². The molecule has 2 aromatic rings. The van der Waals surface area contributed by atoms with Gasteiger partial charge in [0.05, 0.1) is 0 Å². The molecule has 6 heteroatoms. The first kappa shape index (κ1) is 13.6. The third-order valence-corrected chi connectivity index (χ3v) is 2.95. The Hall–Kier alpha value is -1.82. The second kappa shape index (κ2) is 6.94. The number of rotatable bonds is 7. The van der Waals surface area contributed by atoms with Gasteiger partial charge in [-0.15, -0.1) is 0 Å². The SMILES string of the molecule is CCCn1ncnc1CC(NCC)c1cncnc1. The van der Waals surface area contributed by atoms with E-state index in [1.54, 1.807) is 12.7 Å². The van der Waals surface area contributed by atoms with Crippen molar-refractivity contribution in [3.05, 3.63) is 36.4 Å². The highest BCUT2D eigenvalue weighted by molar-refractivity contribution is 5.11. The average molecular weight is 260 g/mol. The van der Waals surface area contributed by atoms with E-state index in [1.165, 1.54) is 0 Å². The van der Waals surface area contributed by atoms with Gasteiger partial charge in [-0.3, -0.25) is 4.68 Å². The predicted octanol–water partition coefficient (Wildman–Crippen LogP) is 1.37. The largest absolute Gasteiger partial charge is 0.310 e. The standard InChI is InChI=1S/C13H20N6/c1-3-5-19-13(17-10-18-19)6-12(16-4-2)11-7-14-9-15-8-11/h7-10,12,16H,3-6H2,1-2H3. The van der Waals surface area contributed by atoms with Gasteiger partial charge in [0.1, 0.15) is 18.5 Å². The van der Waals surface area contributed by atoms with E-state index in [0.717, 1.165) is 37.3 Å². The molecule has 6 nitrogen and oxygen atoms in total. The molecule has 0 bridgehead atoms.